The van der Waals surface area contributed by atoms with E-state index in [-0.39, 0.29) is 12.4 Å². The molecule has 1 fully saturated rings. The number of ether oxygens (including phenoxy) is 1. The summed E-state index contributed by atoms with van der Waals surface area (Å²) in [6, 6.07) is 0.290. The number of methoxy groups -OCH3 is 1. The standard InChI is InChI=1S/C12H17ClN4O3/c1-20-12-14-8-9(13)11(15-12)17-6-4-16(5-7-17)3-2-10(18)19/h8H,2-7H2,1H3,(H,18,19). The van der Waals surface area contributed by atoms with Gasteiger partial charge in [-0.3, -0.25) is 9.69 Å². The molecular weight excluding hydrogens is 284 g/mol. The molecule has 0 amide bonds. The molecule has 1 saturated heterocycles. The van der Waals surface area contributed by atoms with Gasteiger partial charge in [-0.1, -0.05) is 11.6 Å². The molecule has 20 heavy (non-hydrogen) atoms. The normalized spacial score (nSPS) is 16.2. The molecule has 7 nitrogen and oxygen atoms in total. The van der Waals surface area contributed by atoms with Crippen LogP contribution in [0.4, 0.5) is 5.82 Å². The van der Waals surface area contributed by atoms with Gasteiger partial charge in [0.25, 0.3) is 0 Å². The summed E-state index contributed by atoms with van der Waals surface area (Å²) in [6.07, 6.45) is 1.70. The van der Waals surface area contributed by atoms with Crippen LogP contribution < -0.4 is 9.64 Å². The maximum absolute atomic E-state index is 10.6. The van der Waals surface area contributed by atoms with Crippen LogP contribution in [0.25, 0.3) is 0 Å². The minimum Gasteiger partial charge on any atom is -0.481 e. The fourth-order valence-corrected chi connectivity index (χ4v) is 2.31. The zero-order valence-corrected chi connectivity index (χ0v) is 12.0. The quantitative estimate of drug-likeness (QED) is 0.859. The second-order valence-corrected chi connectivity index (χ2v) is 4.91. The van der Waals surface area contributed by atoms with Crippen molar-refractivity contribution in [2.75, 3.05) is 44.7 Å². The number of nitrogens with zero attached hydrogens (tertiary/aromatic N) is 4. The van der Waals surface area contributed by atoms with E-state index in [4.69, 9.17) is 21.4 Å². The van der Waals surface area contributed by atoms with Crippen LogP contribution in [0.5, 0.6) is 6.01 Å². The molecule has 110 valence electrons. The van der Waals surface area contributed by atoms with Crippen LogP contribution in [-0.4, -0.2) is 65.8 Å². The van der Waals surface area contributed by atoms with Gasteiger partial charge < -0.3 is 14.7 Å². The topological polar surface area (TPSA) is 78.8 Å². The molecule has 1 aliphatic rings. The lowest BCUT2D eigenvalue weighted by Gasteiger charge is -2.35. The van der Waals surface area contributed by atoms with E-state index in [2.05, 4.69) is 19.8 Å². The van der Waals surface area contributed by atoms with Crippen LogP contribution in [0.15, 0.2) is 6.20 Å². The maximum Gasteiger partial charge on any atom is 0.318 e. The Labute approximate surface area is 122 Å². The molecule has 2 heterocycles. The van der Waals surface area contributed by atoms with E-state index in [1.165, 1.54) is 13.3 Å². The average molecular weight is 301 g/mol. The molecule has 1 aromatic rings. The SMILES string of the molecule is COc1ncc(Cl)c(N2CCN(CCC(=O)O)CC2)n1. The van der Waals surface area contributed by atoms with Crippen molar-refractivity contribution < 1.29 is 14.6 Å². The minimum atomic E-state index is -0.768. The van der Waals surface area contributed by atoms with Crippen LogP contribution in [0, 0.1) is 0 Å². The highest BCUT2D eigenvalue weighted by Gasteiger charge is 2.21. The molecule has 0 aromatic carbocycles. The van der Waals surface area contributed by atoms with Crippen molar-refractivity contribution in [1.82, 2.24) is 14.9 Å². The zero-order chi connectivity index (χ0) is 14.5. The van der Waals surface area contributed by atoms with Gasteiger partial charge in [-0.15, -0.1) is 0 Å². The van der Waals surface area contributed by atoms with E-state index in [0.717, 1.165) is 26.2 Å². The van der Waals surface area contributed by atoms with Crippen molar-refractivity contribution in [3.05, 3.63) is 11.2 Å². The fourth-order valence-electron chi connectivity index (χ4n) is 2.10. The molecule has 0 bridgehead atoms. The number of aliphatic carboxylic acids is 1. The molecule has 1 aromatic heterocycles. The first kappa shape index (κ1) is 14.8. The minimum absolute atomic E-state index is 0.169. The van der Waals surface area contributed by atoms with E-state index in [9.17, 15) is 4.79 Å². The molecular formula is C12H17ClN4O3. The van der Waals surface area contributed by atoms with Gasteiger partial charge in [-0.25, -0.2) is 4.98 Å². The van der Waals surface area contributed by atoms with Crippen molar-refractivity contribution in [1.29, 1.82) is 0 Å². The highest BCUT2D eigenvalue weighted by Crippen LogP contribution is 2.25. The van der Waals surface area contributed by atoms with Gasteiger partial charge in [-0.05, 0) is 0 Å². The summed E-state index contributed by atoms with van der Waals surface area (Å²) < 4.78 is 5.00. The molecule has 2 rings (SSSR count). The van der Waals surface area contributed by atoms with Crippen molar-refractivity contribution >= 4 is 23.4 Å². The van der Waals surface area contributed by atoms with E-state index in [0.29, 0.717) is 17.4 Å². The summed E-state index contributed by atoms with van der Waals surface area (Å²) >= 11 is 6.11. The lowest BCUT2D eigenvalue weighted by molar-refractivity contribution is -0.137. The van der Waals surface area contributed by atoms with Crippen LogP contribution in [0.3, 0.4) is 0 Å². The highest BCUT2D eigenvalue weighted by atomic mass is 35.5. The lowest BCUT2D eigenvalue weighted by atomic mass is 10.3. The molecule has 8 heteroatoms. The van der Waals surface area contributed by atoms with Gasteiger partial charge in [0, 0.05) is 32.7 Å². The number of piperazine rings is 1. The van der Waals surface area contributed by atoms with E-state index < -0.39 is 5.97 Å². The molecule has 0 unspecified atom stereocenters. The van der Waals surface area contributed by atoms with Crippen LogP contribution in [0.1, 0.15) is 6.42 Å². The third-order valence-electron chi connectivity index (χ3n) is 3.20. The molecule has 0 aliphatic carbocycles. The summed E-state index contributed by atoms with van der Waals surface area (Å²) in [4.78, 5) is 22.9. The van der Waals surface area contributed by atoms with Gasteiger partial charge in [0.15, 0.2) is 5.82 Å². The molecule has 1 aliphatic heterocycles. The number of rotatable bonds is 5. The Morgan fingerprint density at radius 3 is 2.75 bits per heavy atom. The summed E-state index contributed by atoms with van der Waals surface area (Å²) in [5.74, 6) is -0.104. The van der Waals surface area contributed by atoms with Crippen LogP contribution in [0.2, 0.25) is 5.02 Å². The Morgan fingerprint density at radius 1 is 1.45 bits per heavy atom. The second kappa shape index (κ2) is 6.71. The number of carboxylic acid groups (broad SMARTS) is 1. The first-order valence-corrected chi connectivity index (χ1v) is 6.73. The van der Waals surface area contributed by atoms with Gasteiger partial charge in [0.05, 0.1) is 19.7 Å². The Kier molecular flexibility index (Phi) is 4.97. The Morgan fingerprint density at radius 2 is 2.15 bits per heavy atom. The van der Waals surface area contributed by atoms with Crippen molar-refractivity contribution in [3.8, 4) is 6.01 Å². The molecule has 0 radical (unpaired) electrons. The lowest BCUT2D eigenvalue weighted by Crippen LogP contribution is -2.47. The van der Waals surface area contributed by atoms with Crippen molar-refractivity contribution in [3.63, 3.8) is 0 Å². The number of anilines is 1. The van der Waals surface area contributed by atoms with Gasteiger partial charge in [0.2, 0.25) is 0 Å². The Bertz CT molecular complexity index is 478. The number of halogens is 1. The van der Waals surface area contributed by atoms with Crippen molar-refractivity contribution in [2.24, 2.45) is 0 Å². The van der Waals surface area contributed by atoms with Gasteiger partial charge in [0.1, 0.15) is 5.02 Å². The number of carbonyl (C=O) groups is 1. The monoisotopic (exact) mass is 300 g/mol. The summed E-state index contributed by atoms with van der Waals surface area (Å²) in [5.41, 5.74) is 0. The number of carboxylic acids is 1. The first-order chi connectivity index (χ1) is 9.60. The molecule has 0 saturated carbocycles. The average Bonchev–Trinajstić information content (AvgIpc) is 2.46. The summed E-state index contributed by atoms with van der Waals surface area (Å²) in [7, 11) is 1.51. The number of aromatic nitrogens is 2. The summed E-state index contributed by atoms with van der Waals surface area (Å²) in [6.45, 7) is 3.65. The van der Waals surface area contributed by atoms with Gasteiger partial charge in [-0.2, -0.15) is 4.98 Å². The van der Waals surface area contributed by atoms with E-state index in [1.807, 2.05) is 0 Å². The molecule has 0 atom stereocenters. The van der Waals surface area contributed by atoms with Crippen molar-refractivity contribution in [2.45, 2.75) is 6.42 Å². The first-order valence-electron chi connectivity index (χ1n) is 6.36. The largest absolute Gasteiger partial charge is 0.481 e. The van der Waals surface area contributed by atoms with Gasteiger partial charge >= 0.3 is 12.0 Å². The molecule has 1 N–H and O–H groups in total. The molecule has 0 spiro atoms. The fraction of sp³-hybridized carbons (Fsp3) is 0.583. The number of hydrogen-bond donors (Lipinski definition) is 1. The van der Waals surface area contributed by atoms with Crippen LogP contribution in [-0.2, 0) is 4.79 Å². The smallest absolute Gasteiger partial charge is 0.318 e. The highest BCUT2D eigenvalue weighted by molar-refractivity contribution is 6.32. The predicted octanol–water partition coefficient (Wildman–Crippen LogP) is 0.735. The maximum atomic E-state index is 10.6. The van der Waals surface area contributed by atoms with Crippen LogP contribution >= 0.6 is 11.6 Å². The predicted molar refractivity (Wildman–Crippen MR) is 74.5 cm³/mol. The van der Waals surface area contributed by atoms with E-state index >= 15 is 0 Å². The second-order valence-electron chi connectivity index (χ2n) is 4.50. The Hall–Kier alpha value is -1.60. The Balaban J connectivity index is 1.95. The summed E-state index contributed by atoms with van der Waals surface area (Å²) in [5, 5.41) is 9.17. The number of hydrogen-bond acceptors (Lipinski definition) is 6. The van der Waals surface area contributed by atoms with E-state index in [1.54, 1.807) is 0 Å². The zero-order valence-electron chi connectivity index (χ0n) is 11.3. The third-order valence-corrected chi connectivity index (χ3v) is 3.47. The third kappa shape index (κ3) is 3.71.